The Labute approximate surface area is 321 Å². The minimum atomic E-state index is -1.58. The second-order valence-corrected chi connectivity index (χ2v) is 14.5. The van der Waals surface area contributed by atoms with E-state index in [1.54, 1.807) is 0 Å². The van der Waals surface area contributed by atoms with Crippen LogP contribution >= 0.6 is 0 Å². The van der Waals surface area contributed by atoms with Crippen LogP contribution in [0.15, 0.2) is 121 Å². The number of hydrogen-bond acceptors (Lipinski definition) is 7. The summed E-state index contributed by atoms with van der Waals surface area (Å²) in [5, 5.41) is 36.5. The molecule has 0 radical (unpaired) electrons. The van der Waals surface area contributed by atoms with E-state index in [2.05, 4.69) is 12.2 Å². The van der Waals surface area contributed by atoms with Gasteiger partial charge in [0.15, 0.2) is 6.29 Å². The van der Waals surface area contributed by atoms with Crippen LogP contribution in [0.3, 0.4) is 0 Å². The van der Waals surface area contributed by atoms with Crippen molar-refractivity contribution in [2.24, 2.45) is 0 Å². The lowest BCUT2D eigenvalue weighted by Gasteiger charge is -2.43. The minimum Gasteiger partial charge on any atom is -0.388 e. The van der Waals surface area contributed by atoms with Gasteiger partial charge in [0.1, 0.15) is 30.0 Å². The van der Waals surface area contributed by atoms with Gasteiger partial charge in [0, 0.05) is 0 Å². The van der Waals surface area contributed by atoms with E-state index in [0.717, 1.165) is 47.9 Å². The van der Waals surface area contributed by atoms with Crippen LogP contribution in [-0.4, -0.2) is 64.6 Å². The molecule has 0 bridgehead atoms. The molecule has 1 aliphatic rings. The zero-order chi connectivity index (χ0) is 38.0. The Morgan fingerprint density at radius 1 is 0.685 bits per heavy atom. The number of ether oxygens (including phenoxy) is 3. The average Bonchev–Trinajstić information content (AvgIpc) is 3.21. The third-order valence-corrected chi connectivity index (χ3v) is 10.4. The topological polar surface area (TPSA) is 117 Å². The maximum atomic E-state index is 13.4. The number of carbonyl (C=O) groups is 1. The molecule has 4 aromatic rings. The normalized spacial score (nSPS) is 20.7. The number of hydrogen-bond donors (Lipinski definition) is 4. The van der Waals surface area contributed by atoms with Crippen molar-refractivity contribution >= 4 is 5.91 Å². The SMILES string of the molecule is CCCCCCCCCCC[C@H](CC(=O)N[C@H]1[C@@H](O)[C@H](O)[C@@H](COC(c2ccccc2)(c2ccccc2)c2ccccc2)O[C@@H]1O)OCc1ccccc1. The van der Waals surface area contributed by atoms with Gasteiger partial charge >= 0.3 is 0 Å². The van der Waals surface area contributed by atoms with E-state index in [-0.39, 0.29) is 19.1 Å². The zero-order valence-electron chi connectivity index (χ0n) is 31.7. The number of amides is 1. The molecule has 4 N–H and O–H groups in total. The van der Waals surface area contributed by atoms with Gasteiger partial charge in [-0.3, -0.25) is 4.79 Å². The monoisotopic (exact) mass is 737 g/mol. The van der Waals surface area contributed by atoms with E-state index >= 15 is 0 Å². The van der Waals surface area contributed by atoms with Gasteiger partial charge in [-0.2, -0.15) is 0 Å². The fraction of sp³-hybridized carbons (Fsp3) is 0.457. The highest BCUT2D eigenvalue weighted by Gasteiger charge is 2.46. The van der Waals surface area contributed by atoms with Crippen molar-refractivity contribution < 1.29 is 34.3 Å². The maximum absolute atomic E-state index is 13.4. The molecule has 1 saturated heterocycles. The third kappa shape index (κ3) is 11.6. The Morgan fingerprint density at radius 2 is 1.17 bits per heavy atom. The Balaban J connectivity index is 1.21. The van der Waals surface area contributed by atoms with E-state index in [1.807, 2.05) is 121 Å². The number of nitrogens with one attached hydrogen (secondary N) is 1. The summed E-state index contributed by atoms with van der Waals surface area (Å²) in [7, 11) is 0. The number of unbranched alkanes of at least 4 members (excludes halogenated alkanes) is 8. The van der Waals surface area contributed by atoms with Gasteiger partial charge in [-0.25, -0.2) is 0 Å². The Hall–Kier alpha value is -3.89. The van der Waals surface area contributed by atoms with E-state index in [9.17, 15) is 20.1 Å². The highest BCUT2D eigenvalue weighted by Crippen LogP contribution is 2.41. The van der Waals surface area contributed by atoms with E-state index in [1.165, 1.54) is 38.5 Å². The lowest BCUT2D eigenvalue weighted by atomic mass is 9.80. The molecule has 8 heteroatoms. The summed E-state index contributed by atoms with van der Waals surface area (Å²) >= 11 is 0. The smallest absolute Gasteiger partial charge is 0.223 e. The van der Waals surface area contributed by atoms with Crippen LogP contribution in [0.2, 0.25) is 0 Å². The van der Waals surface area contributed by atoms with Crippen molar-refractivity contribution in [1.82, 2.24) is 5.32 Å². The average molecular weight is 738 g/mol. The van der Waals surface area contributed by atoms with Crippen LogP contribution in [0, 0.1) is 0 Å². The van der Waals surface area contributed by atoms with E-state index < -0.39 is 42.2 Å². The van der Waals surface area contributed by atoms with Crippen LogP contribution in [0.1, 0.15) is 99.8 Å². The first-order valence-electron chi connectivity index (χ1n) is 19.9. The standard InChI is InChI=1S/C46H59NO7/c1-2-3-4-5-6-7-8-9-22-31-39(52-33-35-23-14-10-15-24-35)32-41(48)47-42-44(50)43(49)40(54-45(42)51)34-53-46(36-25-16-11-17-26-36,37-27-18-12-19-28-37)38-29-20-13-21-30-38/h10-21,23-30,39-40,42-45,49-51H,2-9,22,31-34H2,1H3,(H,47,48)/t39-,40-,42+,43-,44-,45+/m1/s1. The van der Waals surface area contributed by atoms with Crippen LogP contribution in [0.4, 0.5) is 0 Å². The molecule has 0 aliphatic carbocycles. The quantitative estimate of drug-likeness (QED) is 0.0480. The van der Waals surface area contributed by atoms with Crippen molar-refractivity contribution in [2.45, 2.75) is 127 Å². The molecule has 5 rings (SSSR count). The lowest BCUT2D eigenvalue weighted by molar-refractivity contribution is -0.261. The second-order valence-electron chi connectivity index (χ2n) is 14.5. The zero-order valence-corrected chi connectivity index (χ0v) is 31.7. The Kier molecular flexibility index (Phi) is 16.7. The fourth-order valence-corrected chi connectivity index (χ4v) is 7.38. The van der Waals surface area contributed by atoms with Gasteiger partial charge < -0.3 is 34.8 Å². The summed E-state index contributed by atoms with van der Waals surface area (Å²) in [4.78, 5) is 13.4. The molecular weight excluding hydrogens is 679 g/mol. The van der Waals surface area contributed by atoms with E-state index in [4.69, 9.17) is 14.2 Å². The number of aliphatic hydroxyl groups is 3. The molecule has 1 amide bonds. The molecular formula is C46H59NO7. The van der Waals surface area contributed by atoms with Crippen LogP contribution in [-0.2, 0) is 31.2 Å². The molecule has 1 heterocycles. The second kappa shape index (κ2) is 21.9. The highest BCUT2D eigenvalue weighted by molar-refractivity contribution is 5.77. The predicted molar refractivity (Wildman–Crippen MR) is 211 cm³/mol. The van der Waals surface area contributed by atoms with Crippen molar-refractivity contribution in [3.63, 3.8) is 0 Å². The molecule has 4 aromatic carbocycles. The van der Waals surface area contributed by atoms with Crippen LogP contribution in [0.5, 0.6) is 0 Å². The summed E-state index contributed by atoms with van der Waals surface area (Å²) in [5.74, 6) is -0.395. The number of rotatable bonds is 22. The lowest BCUT2D eigenvalue weighted by Crippen LogP contribution is -2.64. The first-order chi connectivity index (χ1) is 26.4. The molecule has 0 spiro atoms. The van der Waals surface area contributed by atoms with E-state index in [0.29, 0.717) is 6.61 Å². The summed E-state index contributed by atoms with van der Waals surface area (Å²) in [6, 6.07) is 38.0. The van der Waals surface area contributed by atoms with Crippen molar-refractivity contribution in [3.05, 3.63) is 144 Å². The van der Waals surface area contributed by atoms with Crippen LogP contribution < -0.4 is 5.32 Å². The summed E-state index contributed by atoms with van der Waals surface area (Å²) in [6.45, 7) is 2.45. The predicted octanol–water partition coefficient (Wildman–Crippen LogP) is 7.82. The molecule has 1 fully saturated rings. The van der Waals surface area contributed by atoms with Gasteiger partial charge in [0.25, 0.3) is 0 Å². The highest BCUT2D eigenvalue weighted by atomic mass is 16.6. The van der Waals surface area contributed by atoms with Gasteiger partial charge in [-0.1, -0.05) is 186 Å². The van der Waals surface area contributed by atoms with Crippen molar-refractivity contribution in [2.75, 3.05) is 6.61 Å². The molecule has 0 aromatic heterocycles. The largest absolute Gasteiger partial charge is 0.388 e. The van der Waals surface area contributed by atoms with Gasteiger partial charge in [0.2, 0.25) is 5.91 Å². The Bertz CT molecular complexity index is 1510. The van der Waals surface area contributed by atoms with Crippen molar-refractivity contribution in [1.29, 1.82) is 0 Å². The van der Waals surface area contributed by atoms with Gasteiger partial charge in [0.05, 0.1) is 25.7 Å². The summed E-state index contributed by atoms with van der Waals surface area (Å²) in [5.41, 5.74) is 2.53. The molecule has 0 unspecified atom stereocenters. The number of aliphatic hydroxyl groups excluding tert-OH is 3. The third-order valence-electron chi connectivity index (χ3n) is 10.4. The Morgan fingerprint density at radius 3 is 1.69 bits per heavy atom. The molecule has 54 heavy (non-hydrogen) atoms. The number of benzene rings is 4. The maximum Gasteiger partial charge on any atom is 0.223 e. The minimum absolute atomic E-state index is 0.0518. The summed E-state index contributed by atoms with van der Waals surface area (Å²) in [6.07, 6.45) is 5.59. The first kappa shape index (κ1) is 41.3. The van der Waals surface area contributed by atoms with Crippen molar-refractivity contribution in [3.8, 4) is 0 Å². The molecule has 290 valence electrons. The van der Waals surface area contributed by atoms with Crippen LogP contribution in [0.25, 0.3) is 0 Å². The molecule has 6 atom stereocenters. The molecule has 1 aliphatic heterocycles. The van der Waals surface area contributed by atoms with Gasteiger partial charge in [-0.05, 0) is 28.7 Å². The first-order valence-corrected chi connectivity index (χ1v) is 19.9. The summed E-state index contributed by atoms with van der Waals surface area (Å²) < 4.78 is 18.9. The molecule has 0 saturated carbocycles. The fourth-order valence-electron chi connectivity index (χ4n) is 7.38. The molecule has 8 nitrogen and oxygen atoms in total. The number of carbonyl (C=O) groups excluding carboxylic acids is 1. The van der Waals surface area contributed by atoms with Gasteiger partial charge in [-0.15, -0.1) is 0 Å².